The van der Waals surface area contributed by atoms with Gasteiger partial charge in [0.15, 0.2) is 0 Å². The van der Waals surface area contributed by atoms with Gasteiger partial charge in [-0.25, -0.2) is 0 Å². The van der Waals surface area contributed by atoms with Crippen molar-refractivity contribution in [3.8, 4) is 0 Å². The Morgan fingerprint density at radius 2 is 1.75 bits per heavy atom. The molecule has 0 saturated heterocycles. The summed E-state index contributed by atoms with van der Waals surface area (Å²) in [5, 5.41) is 0. The zero-order valence-electron chi connectivity index (χ0n) is 9.06. The van der Waals surface area contributed by atoms with Crippen molar-refractivity contribution in [1.82, 2.24) is 4.90 Å². The predicted molar refractivity (Wildman–Crippen MR) is 54.4 cm³/mol. The fourth-order valence-electron chi connectivity index (χ4n) is 2.04. The number of nitrogens with zero attached hydrogens (tertiary/aromatic N) is 1. The van der Waals surface area contributed by atoms with Gasteiger partial charge in [0.25, 0.3) is 0 Å². The first-order chi connectivity index (χ1) is 5.58. The highest BCUT2D eigenvalue weighted by molar-refractivity contribution is 4.85. The van der Waals surface area contributed by atoms with Crippen molar-refractivity contribution in [1.29, 1.82) is 0 Å². The fraction of sp³-hybridized carbons (Fsp3) is 1.00. The van der Waals surface area contributed by atoms with Gasteiger partial charge in [0.2, 0.25) is 0 Å². The van der Waals surface area contributed by atoms with Crippen molar-refractivity contribution in [3.63, 3.8) is 0 Å². The molecule has 1 aliphatic rings. The van der Waals surface area contributed by atoms with Crippen molar-refractivity contribution in [2.24, 2.45) is 0 Å². The molecule has 1 saturated carbocycles. The summed E-state index contributed by atoms with van der Waals surface area (Å²) in [6.45, 7) is 6.99. The van der Waals surface area contributed by atoms with Crippen LogP contribution in [0.2, 0.25) is 0 Å². The van der Waals surface area contributed by atoms with Gasteiger partial charge in [-0.1, -0.05) is 19.8 Å². The van der Waals surface area contributed by atoms with Crippen molar-refractivity contribution >= 4 is 0 Å². The minimum absolute atomic E-state index is 0.398. The normalized spacial score (nSPS) is 20.8. The molecule has 1 heteroatoms. The maximum atomic E-state index is 2.58. The van der Waals surface area contributed by atoms with E-state index in [4.69, 9.17) is 0 Å². The van der Waals surface area contributed by atoms with Gasteiger partial charge < -0.3 is 0 Å². The minimum Gasteiger partial charge on any atom is -0.298 e. The van der Waals surface area contributed by atoms with Crippen molar-refractivity contribution in [3.05, 3.63) is 0 Å². The van der Waals surface area contributed by atoms with E-state index >= 15 is 0 Å². The lowest BCUT2D eigenvalue weighted by Crippen LogP contribution is -2.45. The van der Waals surface area contributed by atoms with Crippen LogP contribution >= 0.6 is 0 Å². The average molecular weight is 169 g/mol. The van der Waals surface area contributed by atoms with E-state index in [2.05, 4.69) is 32.7 Å². The molecule has 0 heterocycles. The molecule has 0 bridgehead atoms. The summed E-state index contributed by atoms with van der Waals surface area (Å²) in [5.41, 5.74) is 0.398. The van der Waals surface area contributed by atoms with Crippen LogP contribution in [0.1, 0.15) is 52.9 Å². The van der Waals surface area contributed by atoms with E-state index in [0.717, 1.165) is 6.04 Å². The Hall–Kier alpha value is -0.0400. The summed E-state index contributed by atoms with van der Waals surface area (Å²) in [6, 6.07) is 0.861. The first-order valence-corrected chi connectivity index (χ1v) is 5.31. The summed E-state index contributed by atoms with van der Waals surface area (Å²) >= 11 is 0. The van der Waals surface area contributed by atoms with Crippen molar-refractivity contribution in [2.75, 3.05) is 7.05 Å². The molecule has 0 amide bonds. The molecule has 0 aromatic heterocycles. The second kappa shape index (κ2) is 3.78. The number of rotatable bonds is 3. The molecule has 0 spiro atoms. The largest absolute Gasteiger partial charge is 0.298 e. The van der Waals surface area contributed by atoms with Crippen LogP contribution in [0.15, 0.2) is 0 Å². The summed E-state index contributed by atoms with van der Waals surface area (Å²) in [7, 11) is 2.29. The van der Waals surface area contributed by atoms with Crippen LogP contribution < -0.4 is 0 Å². The molecule has 0 aromatic carbocycles. The Morgan fingerprint density at radius 1 is 1.25 bits per heavy atom. The molecule has 0 unspecified atom stereocenters. The maximum absolute atomic E-state index is 2.58. The first kappa shape index (κ1) is 10.0. The SMILES string of the molecule is CCC(C)(C)N(C)C1CCCC1. The Balaban J connectivity index is 2.50. The lowest BCUT2D eigenvalue weighted by atomic mass is 9.97. The van der Waals surface area contributed by atoms with Crippen LogP contribution in [-0.4, -0.2) is 23.5 Å². The van der Waals surface area contributed by atoms with Gasteiger partial charge in [-0.05, 0) is 40.2 Å². The van der Waals surface area contributed by atoms with Crippen LogP contribution in [0.4, 0.5) is 0 Å². The fourth-order valence-corrected chi connectivity index (χ4v) is 2.04. The molecule has 0 atom stereocenters. The van der Waals surface area contributed by atoms with Gasteiger partial charge in [0.05, 0.1) is 0 Å². The van der Waals surface area contributed by atoms with E-state index in [9.17, 15) is 0 Å². The van der Waals surface area contributed by atoms with E-state index in [1.165, 1.54) is 32.1 Å². The highest BCUT2D eigenvalue weighted by atomic mass is 15.2. The molecule has 1 fully saturated rings. The van der Waals surface area contributed by atoms with Crippen molar-refractivity contribution in [2.45, 2.75) is 64.5 Å². The second-order valence-electron chi connectivity index (χ2n) is 4.72. The molecule has 0 aliphatic heterocycles. The lowest BCUT2D eigenvalue weighted by Gasteiger charge is -2.39. The zero-order valence-corrected chi connectivity index (χ0v) is 9.06. The third-order valence-electron chi connectivity index (χ3n) is 3.69. The standard InChI is InChI=1S/C11H23N/c1-5-11(2,3)12(4)10-8-6-7-9-10/h10H,5-9H2,1-4H3. The summed E-state index contributed by atoms with van der Waals surface area (Å²) in [4.78, 5) is 2.58. The van der Waals surface area contributed by atoms with Crippen LogP contribution in [0.5, 0.6) is 0 Å². The van der Waals surface area contributed by atoms with E-state index in [-0.39, 0.29) is 0 Å². The molecule has 1 rings (SSSR count). The van der Waals surface area contributed by atoms with Gasteiger partial charge in [0.1, 0.15) is 0 Å². The molecular formula is C11H23N. The Bertz CT molecular complexity index is 134. The Kier molecular flexibility index (Phi) is 3.16. The first-order valence-electron chi connectivity index (χ1n) is 5.31. The molecule has 72 valence electrons. The summed E-state index contributed by atoms with van der Waals surface area (Å²) in [6.07, 6.45) is 6.96. The van der Waals surface area contributed by atoms with Gasteiger partial charge >= 0.3 is 0 Å². The lowest BCUT2D eigenvalue weighted by molar-refractivity contribution is 0.0998. The van der Waals surface area contributed by atoms with Crippen molar-refractivity contribution < 1.29 is 0 Å². The van der Waals surface area contributed by atoms with Crippen LogP contribution in [0, 0.1) is 0 Å². The van der Waals surface area contributed by atoms with E-state index < -0.39 is 0 Å². The molecule has 1 nitrogen and oxygen atoms in total. The molecule has 1 aliphatic carbocycles. The van der Waals surface area contributed by atoms with Gasteiger partial charge in [-0.3, -0.25) is 4.90 Å². The van der Waals surface area contributed by atoms with Gasteiger partial charge in [0, 0.05) is 11.6 Å². The zero-order chi connectivity index (χ0) is 9.19. The maximum Gasteiger partial charge on any atom is 0.0150 e. The highest BCUT2D eigenvalue weighted by Crippen LogP contribution is 2.28. The summed E-state index contributed by atoms with van der Waals surface area (Å²) < 4.78 is 0. The van der Waals surface area contributed by atoms with Gasteiger partial charge in [-0.2, -0.15) is 0 Å². The van der Waals surface area contributed by atoms with Crippen LogP contribution in [-0.2, 0) is 0 Å². The number of hydrogen-bond donors (Lipinski definition) is 0. The van der Waals surface area contributed by atoms with E-state index in [1.807, 2.05) is 0 Å². The summed E-state index contributed by atoms with van der Waals surface area (Å²) in [5.74, 6) is 0. The van der Waals surface area contributed by atoms with Crippen LogP contribution in [0.3, 0.4) is 0 Å². The minimum atomic E-state index is 0.398. The second-order valence-corrected chi connectivity index (χ2v) is 4.72. The van der Waals surface area contributed by atoms with Gasteiger partial charge in [-0.15, -0.1) is 0 Å². The Morgan fingerprint density at radius 3 is 2.17 bits per heavy atom. The number of hydrogen-bond acceptors (Lipinski definition) is 1. The Labute approximate surface area is 77.1 Å². The monoisotopic (exact) mass is 169 g/mol. The molecule has 0 N–H and O–H groups in total. The average Bonchev–Trinajstić information content (AvgIpc) is 2.55. The highest BCUT2D eigenvalue weighted by Gasteiger charge is 2.29. The van der Waals surface area contributed by atoms with E-state index in [0.29, 0.717) is 5.54 Å². The quantitative estimate of drug-likeness (QED) is 0.627. The smallest absolute Gasteiger partial charge is 0.0150 e. The van der Waals surface area contributed by atoms with Crippen LogP contribution in [0.25, 0.3) is 0 Å². The topological polar surface area (TPSA) is 3.24 Å². The molecule has 0 radical (unpaired) electrons. The third-order valence-corrected chi connectivity index (χ3v) is 3.69. The van der Waals surface area contributed by atoms with E-state index in [1.54, 1.807) is 0 Å². The molecular weight excluding hydrogens is 146 g/mol. The molecule has 0 aromatic rings. The predicted octanol–water partition coefficient (Wildman–Crippen LogP) is 3.05. The molecule has 12 heavy (non-hydrogen) atoms. The third kappa shape index (κ3) is 2.01.